The van der Waals surface area contributed by atoms with Crippen molar-refractivity contribution in [2.75, 3.05) is 84.5 Å². The molecule has 1 N–H and O–H groups in total. The number of oxazole rings is 1. The predicted octanol–water partition coefficient (Wildman–Crippen LogP) is 5.12. The second kappa shape index (κ2) is 20.9. The summed E-state index contributed by atoms with van der Waals surface area (Å²) in [5, 5.41) is 3.00. The fourth-order valence-electron chi connectivity index (χ4n) is 8.86. The van der Waals surface area contributed by atoms with Crippen molar-refractivity contribution >= 4 is 40.8 Å². The number of para-hydroxylation sites is 1. The summed E-state index contributed by atoms with van der Waals surface area (Å²) in [6.07, 6.45) is 5.59. The van der Waals surface area contributed by atoms with E-state index in [1.807, 2.05) is 54.8 Å². The SMILES string of the molecule is C.CCCOC(=O)CN1CCN(C2CCN(C(=O)[C@H](C)Cc3cc(C)c4c(c3)oc(=O)n4C)CC2)CC1.COC(=O)N1CCC(N2CCc3ccccc3NC2=O)CC1. The molecule has 1 aromatic heterocycles. The zero-order valence-corrected chi connectivity index (χ0v) is 34.9. The van der Waals surface area contributed by atoms with Gasteiger partial charge in [-0.15, -0.1) is 0 Å². The third-order valence-electron chi connectivity index (χ3n) is 12.1. The second-order valence-electron chi connectivity index (χ2n) is 16.1. The Morgan fingerprint density at radius 2 is 1.56 bits per heavy atom. The number of nitrogens with one attached hydrogen (secondary N) is 1. The summed E-state index contributed by atoms with van der Waals surface area (Å²) in [5.41, 5.74) is 5.46. The van der Waals surface area contributed by atoms with Crippen LogP contribution in [0.4, 0.5) is 15.3 Å². The smallest absolute Gasteiger partial charge is 0.419 e. The van der Waals surface area contributed by atoms with E-state index < -0.39 is 0 Å². The van der Waals surface area contributed by atoms with Crippen LogP contribution >= 0.6 is 0 Å². The van der Waals surface area contributed by atoms with Gasteiger partial charge in [-0.1, -0.05) is 45.5 Å². The topological polar surface area (TPSA) is 150 Å². The summed E-state index contributed by atoms with van der Waals surface area (Å²) in [5.74, 6) is -0.441. The van der Waals surface area contributed by atoms with Gasteiger partial charge in [0.25, 0.3) is 0 Å². The zero-order chi connectivity index (χ0) is 41.3. The van der Waals surface area contributed by atoms with E-state index in [9.17, 15) is 24.0 Å². The van der Waals surface area contributed by atoms with E-state index in [1.165, 1.54) is 17.2 Å². The number of hydrogen-bond donors (Lipinski definition) is 1. The number of piperazine rings is 1. The number of methoxy groups -OCH3 is 1. The first-order valence-corrected chi connectivity index (χ1v) is 20.9. The highest BCUT2D eigenvalue weighted by Gasteiger charge is 2.33. The molecule has 3 saturated heterocycles. The maximum atomic E-state index is 13.2. The number of nitrogens with zero attached hydrogens (tertiary/aromatic N) is 6. The highest BCUT2D eigenvalue weighted by Crippen LogP contribution is 2.26. The number of benzene rings is 2. The maximum Gasteiger partial charge on any atom is 0.419 e. The molecule has 0 unspecified atom stereocenters. The van der Waals surface area contributed by atoms with Crippen molar-refractivity contribution in [3.05, 3.63) is 63.6 Å². The molecular formula is C44H65N7O8. The fourth-order valence-corrected chi connectivity index (χ4v) is 8.86. The van der Waals surface area contributed by atoms with Gasteiger partial charge in [-0.2, -0.15) is 0 Å². The van der Waals surface area contributed by atoms with Crippen LogP contribution in [-0.2, 0) is 39.0 Å². The number of carbonyl (C=O) groups is 4. The van der Waals surface area contributed by atoms with Crippen molar-refractivity contribution in [3.63, 3.8) is 0 Å². The Morgan fingerprint density at radius 1 is 0.898 bits per heavy atom. The number of ether oxygens (including phenoxy) is 2. The number of aryl methyl sites for hydroxylation is 2. The number of anilines is 1. The Balaban J connectivity index is 0.000000246. The summed E-state index contributed by atoms with van der Waals surface area (Å²) < 4.78 is 16.8. The van der Waals surface area contributed by atoms with Gasteiger partial charge in [0.1, 0.15) is 0 Å². The molecule has 4 amide bonds. The van der Waals surface area contributed by atoms with Crippen molar-refractivity contribution in [3.8, 4) is 0 Å². The molecule has 15 nitrogen and oxygen atoms in total. The number of carbonyl (C=O) groups excluding carboxylic acids is 4. The molecule has 7 rings (SSSR count). The Labute approximate surface area is 348 Å². The number of esters is 1. The zero-order valence-electron chi connectivity index (χ0n) is 34.9. The first-order chi connectivity index (χ1) is 27.9. The molecule has 3 aromatic rings. The third-order valence-corrected chi connectivity index (χ3v) is 12.1. The van der Waals surface area contributed by atoms with Gasteiger partial charge in [-0.25, -0.2) is 14.4 Å². The summed E-state index contributed by atoms with van der Waals surface area (Å²) in [4.78, 5) is 71.3. The molecule has 0 radical (unpaired) electrons. The van der Waals surface area contributed by atoms with Crippen LogP contribution in [0.25, 0.3) is 11.1 Å². The van der Waals surface area contributed by atoms with E-state index in [1.54, 1.807) is 11.9 Å². The number of likely N-dealkylation sites (tertiary alicyclic amines) is 2. The average molecular weight is 820 g/mol. The Hall–Kier alpha value is -4.89. The molecule has 2 aromatic carbocycles. The van der Waals surface area contributed by atoms with E-state index in [2.05, 4.69) is 27.2 Å². The lowest BCUT2D eigenvalue weighted by atomic mass is 9.96. The molecule has 0 saturated carbocycles. The molecule has 1 atom stereocenters. The normalized spacial score (nSPS) is 18.8. The van der Waals surface area contributed by atoms with E-state index >= 15 is 0 Å². The van der Waals surface area contributed by atoms with Crippen LogP contribution in [0.2, 0.25) is 0 Å². The number of hydrogen-bond acceptors (Lipinski definition) is 10. The van der Waals surface area contributed by atoms with Gasteiger partial charge in [0.15, 0.2) is 5.58 Å². The number of rotatable bonds is 9. The summed E-state index contributed by atoms with van der Waals surface area (Å²) >= 11 is 0. The molecule has 4 aliphatic rings. The highest BCUT2D eigenvalue weighted by atomic mass is 16.5. The van der Waals surface area contributed by atoms with Gasteiger partial charge in [-0.05, 0) is 80.7 Å². The van der Waals surface area contributed by atoms with Crippen LogP contribution in [0, 0.1) is 12.8 Å². The van der Waals surface area contributed by atoms with Gasteiger partial charge in [0.2, 0.25) is 5.91 Å². The van der Waals surface area contributed by atoms with E-state index in [0.29, 0.717) is 50.8 Å². The van der Waals surface area contributed by atoms with E-state index in [-0.39, 0.29) is 49.1 Å². The summed E-state index contributed by atoms with van der Waals surface area (Å²) in [7, 11) is 3.11. The van der Waals surface area contributed by atoms with Crippen LogP contribution < -0.4 is 11.1 Å². The van der Waals surface area contributed by atoms with Gasteiger partial charge < -0.3 is 33.9 Å². The number of fused-ring (bicyclic) bond motifs is 2. The molecule has 4 aliphatic heterocycles. The number of urea groups is 1. The lowest BCUT2D eigenvalue weighted by Crippen LogP contribution is -2.54. The van der Waals surface area contributed by atoms with Crippen LogP contribution in [0.5, 0.6) is 0 Å². The van der Waals surface area contributed by atoms with Gasteiger partial charge in [0, 0.05) is 89.6 Å². The van der Waals surface area contributed by atoms with Crippen molar-refractivity contribution in [1.82, 2.24) is 29.1 Å². The minimum atomic E-state index is -0.367. The molecule has 3 fully saturated rings. The molecule has 0 bridgehead atoms. The molecule has 0 aliphatic carbocycles. The summed E-state index contributed by atoms with van der Waals surface area (Å²) in [6.45, 7) is 14.0. The third kappa shape index (κ3) is 11.2. The van der Waals surface area contributed by atoms with Crippen LogP contribution in [0.15, 0.2) is 45.6 Å². The lowest BCUT2D eigenvalue weighted by molar-refractivity contribution is -0.145. The quantitative estimate of drug-likeness (QED) is 0.288. The van der Waals surface area contributed by atoms with Crippen LogP contribution in [-0.4, -0.2) is 144 Å². The minimum Gasteiger partial charge on any atom is -0.465 e. The van der Waals surface area contributed by atoms with Crippen molar-refractivity contribution < 1.29 is 33.1 Å². The standard InChI is InChI=1S/C27H40N4O5.C16H21N3O3.CH4/c1-5-14-35-24(32)18-29-10-12-30(13-11-29)22-6-8-31(9-7-22)26(33)20(3)16-21-15-19(2)25-23(17-21)36-27(34)28(25)4;1-22-16(21)18-9-7-13(8-10-18)19-11-6-12-4-2-3-5-14(12)17-15(19)20;/h15,17,20,22H,5-14,16,18H2,1-4H3;2-5,13H,6-11H2,1H3,(H,17,20);1H4/t20-;;/m1../s1. The monoisotopic (exact) mass is 819 g/mol. The molecule has 15 heteroatoms. The van der Waals surface area contributed by atoms with Gasteiger partial charge in [0.05, 0.1) is 25.8 Å². The molecule has 324 valence electrons. The Kier molecular flexibility index (Phi) is 16.0. The van der Waals surface area contributed by atoms with Gasteiger partial charge >= 0.3 is 23.8 Å². The Morgan fingerprint density at radius 3 is 2.24 bits per heavy atom. The average Bonchev–Trinajstić information content (AvgIpc) is 3.41. The van der Waals surface area contributed by atoms with E-state index in [0.717, 1.165) is 100 Å². The highest BCUT2D eigenvalue weighted by molar-refractivity contribution is 5.91. The predicted molar refractivity (Wildman–Crippen MR) is 228 cm³/mol. The number of aromatic nitrogens is 1. The first-order valence-electron chi connectivity index (χ1n) is 20.9. The lowest BCUT2D eigenvalue weighted by Gasteiger charge is -2.43. The number of amides is 4. The van der Waals surface area contributed by atoms with E-state index in [4.69, 9.17) is 13.9 Å². The summed E-state index contributed by atoms with van der Waals surface area (Å²) in [6, 6.07) is 12.5. The molecular weight excluding hydrogens is 755 g/mol. The van der Waals surface area contributed by atoms with Crippen LogP contribution in [0.3, 0.4) is 0 Å². The molecule has 0 spiro atoms. The molecule has 59 heavy (non-hydrogen) atoms. The minimum absolute atomic E-state index is 0. The number of piperidine rings is 2. The maximum absolute atomic E-state index is 13.2. The van der Waals surface area contributed by atoms with Crippen molar-refractivity contribution in [2.24, 2.45) is 13.0 Å². The van der Waals surface area contributed by atoms with Crippen molar-refractivity contribution in [2.45, 2.75) is 85.2 Å². The second-order valence-corrected chi connectivity index (χ2v) is 16.1. The van der Waals surface area contributed by atoms with Crippen LogP contribution in [0.1, 0.15) is 70.1 Å². The first kappa shape index (κ1) is 45.2. The Bertz CT molecular complexity index is 1960. The van der Waals surface area contributed by atoms with Crippen molar-refractivity contribution in [1.29, 1.82) is 0 Å². The van der Waals surface area contributed by atoms with Gasteiger partial charge in [-0.3, -0.25) is 24.0 Å². The largest absolute Gasteiger partial charge is 0.465 e. The molecule has 5 heterocycles. The fraction of sp³-hybridized carbons (Fsp3) is 0.614.